The van der Waals surface area contributed by atoms with Crippen molar-refractivity contribution in [2.24, 2.45) is 0 Å². The van der Waals surface area contributed by atoms with Gasteiger partial charge in [-0.2, -0.15) is 0 Å². The minimum atomic E-state index is -0.556. The molecule has 2 aliphatic rings. The molecule has 0 unspecified atom stereocenters. The molecule has 3 heterocycles. The molecule has 186 valence electrons. The summed E-state index contributed by atoms with van der Waals surface area (Å²) in [5, 5.41) is 0.955. The van der Waals surface area contributed by atoms with E-state index in [-0.39, 0.29) is 24.1 Å². The summed E-state index contributed by atoms with van der Waals surface area (Å²) < 4.78 is 29.7. The van der Waals surface area contributed by atoms with Crippen LogP contribution in [0.3, 0.4) is 0 Å². The van der Waals surface area contributed by atoms with Crippen molar-refractivity contribution in [3.05, 3.63) is 82.7 Å². The van der Waals surface area contributed by atoms with Crippen molar-refractivity contribution in [3.63, 3.8) is 0 Å². The number of aromatic nitrogens is 1. The summed E-state index contributed by atoms with van der Waals surface area (Å²) >= 11 is 0. The summed E-state index contributed by atoms with van der Waals surface area (Å²) in [5.41, 5.74) is 3.30. The number of carbonyl (C=O) groups is 2. The largest absolute Gasteiger partial charge is 0.497 e. The first-order chi connectivity index (χ1) is 17.9. The Morgan fingerprint density at radius 3 is 2.68 bits per heavy atom. The fourth-order valence-corrected chi connectivity index (χ4v) is 4.67. The van der Waals surface area contributed by atoms with Gasteiger partial charge in [0.05, 0.1) is 18.2 Å². The number of benzene rings is 3. The average Bonchev–Trinajstić information content (AvgIpc) is 3.59. The summed E-state index contributed by atoms with van der Waals surface area (Å²) in [4.78, 5) is 26.0. The highest BCUT2D eigenvalue weighted by atomic mass is 16.7. The zero-order valence-electron chi connectivity index (χ0n) is 20.5. The van der Waals surface area contributed by atoms with E-state index in [1.807, 2.05) is 24.4 Å². The van der Waals surface area contributed by atoms with Crippen molar-refractivity contribution in [3.8, 4) is 28.7 Å². The lowest BCUT2D eigenvalue weighted by molar-refractivity contribution is 0.0734. The quantitative estimate of drug-likeness (QED) is 0.203. The number of aryl methyl sites for hydroxylation is 2. The highest BCUT2D eigenvalue weighted by Gasteiger charge is 2.31. The smallest absolute Gasteiger partial charge is 0.343 e. The molecular weight excluding hydrogens is 474 g/mol. The Labute approximate surface area is 212 Å². The van der Waals surface area contributed by atoms with Crippen molar-refractivity contribution < 1.29 is 33.3 Å². The number of carbonyl (C=O) groups excluding carboxylic acids is 2. The Kier molecular flexibility index (Phi) is 5.37. The van der Waals surface area contributed by atoms with Crippen LogP contribution in [0.5, 0.6) is 28.7 Å². The van der Waals surface area contributed by atoms with Crippen LogP contribution in [-0.2, 0) is 6.54 Å². The van der Waals surface area contributed by atoms with Gasteiger partial charge in [0.15, 0.2) is 17.3 Å². The zero-order chi connectivity index (χ0) is 25.7. The predicted molar refractivity (Wildman–Crippen MR) is 136 cm³/mol. The monoisotopic (exact) mass is 497 g/mol. The summed E-state index contributed by atoms with van der Waals surface area (Å²) in [6.07, 6.45) is 3.73. The van der Waals surface area contributed by atoms with E-state index in [0.717, 1.165) is 28.8 Å². The van der Waals surface area contributed by atoms with E-state index in [0.29, 0.717) is 33.9 Å². The zero-order valence-corrected chi connectivity index (χ0v) is 20.5. The minimum Gasteiger partial charge on any atom is -0.497 e. The van der Waals surface area contributed by atoms with Crippen LogP contribution in [0.4, 0.5) is 0 Å². The van der Waals surface area contributed by atoms with E-state index < -0.39 is 5.97 Å². The summed E-state index contributed by atoms with van der Waals surface area (Å²) in [6, 6.07) is 13.9. The van der Waals surface area contributed by atoms with Gasteiger partial charge in [-0.3, -0.25) is 4.79 Å². The molecule has 0 aliphatic carbocycles. The van der Waals surface area contributed by atoms with E-state index in [4.69, 9.17) is 23.7 Å². The van der Waals surface area contributed by atoms with E-state index in [2.05, 4.69) is 11.5 Å². The highest BCUT2D eigenvalue weighted by Crippen LogP contribution is 2.39. The molecule has 2 aliphatic heterocycles. The van der Waals surface area contributed by atoms with E-state index >= 15 is 0 Å². The molecule has 0 bridgehead atoms. The molecule has 8 nitrogen and oxygen atoms in total. The second-order valence-corrected chi connectivity index (χ2v) is 8.76. The fourth-order valence-electron chi connectivity index (χ4n) is 4.67. The van der Waals surface area contributed by atoms with E-state index in [9.17, 15) is 9.59 Å². The Hall–Kier alpha value is -4.72. The molecule has 0 radical (unpaired) electrons. The number of rotatable bonds is 5. The molecule has 1 aromatic heterocycles. The van der Waals surface area contributed by atoms with Gasteiger partial charge in [0.1, 0.15) is 17.2 Å². The molecule has 0 atom stereocenters. The molecule has 0 spiro atoms. The molecule has 0 N–H and O–H groups in total. The first kappa shape index (κ1) is 22.7. The van der Waals surface area contributed by atoms with Gasteiger partial charge in [0, 0.05) is 35.3 Å². The Morgan fingerprint density at radius 1 is 1.03 bits per heavy atom. The average molecular weight is 498 g/mol. The number of ether oxygens (including phenoxy) is 5. The molecule has 0 fully saturated rings. The Balaban J connectivity index is 1.30. The van der Waals surface area contributed by atoms with Crippen LogP contribution >= 0.6 is 0 Å². The van der Waals surface area contributed by atoms with Crippen LogP contribution in [0.1, 0.15) is 38.8 Å². The number of hydrogen-bond donors (Lipinski definition) is 0. The molecule has 0 amide bonds. The van der Waals surface area contributed by atoms with Crippen molar-refractivity contribution in [1.29, 1.82) is 0 Å². The van der Waals surface area contributed by atoms with Gasteiger partial charge < -0.3 is 28.3 Å². The van der Waals surface area contributed by atoms with E-state index in [1.54, 1.807) is 50.4 Å². The fraction of sp³-hybridized carbons (Fsp3) is 0.172. The standard InChI is InChI=1S/C29H23NO7/c1-4-30-14-18(21-12-19(33-3)6-7-22(21)30)11-26-28(31)27-16(2)9-20(13-25(27)37-26)36-29(32)17-5-8-23-24(10-17)35-15-34-23/h5-14H,4,15H2,1-3H3/b26-11-. The van der Waals surface area contributed by atoms with Crippen molar-refractivity contribution in [2.45, 2.75) is 20.4 Å². The number of esters is 1. The number of nitrogens with zero attached hydrogens (tertiary/aromatic N) is 1. The lowest BCUT2D eigenvalue weighted by Crippen LogP contribution is -2.08. The van der Waals surface area contributed by atoms with Crippen LogP contribution in [-0.4, -0.2) is 30.2 Å². The van der Waals surface area contributed by atoms with Gasteiger partial charge in [-0.05, 0) is 68.0 Å². The number of Topliss-reactive ketones (excluding diaryl/α,β-unsaturated/α-hetero) is 1. The number of methoxy groups -OCH3 is 1. The molecule has 6 rings (SSSR count). The van der Waals surface area contributed by atoms with Gasteiger partial charge >= 0.3 is 5.97 Å². The molecule has 4 aromatic rings. The normalized spacial score (nSPS) is 14.7. The van der Waals surface area contributed by atoms with Gasteiger partial charge in [0.25, 0.3) is 0 Å². The highest BCUT2D eigenvalue weighted by molar-refractivity contribution is 6.16. The first-order valence-electron chi connectivity index (χ1n) is 11.8. The van der Waals surface area contributed by atoms with Crippen LogP contribution in [0.2, 0.25) is 0 Å². The maximum Gasteiger partial charge on any atom is 0.343 e. The van der Waals surface area contributed by atoms with Crippen molar-refractivity contribution in [2.75, 3.05) is 13.9 Å². The van der Waals surface area contributed by atoms with Gasteiger partial charge in [-0.25, -0.2) is 4.79 Å². The van der Waals surface area contributed by atoms with Crippen LogP contribution < -0.4 is 23.7 Å². The number of ketones is 1. The third-order valence-corrected chi connectivity index (χ3v) is 6.51. The van der Waals surface area contributed by atoms with Gasteiger partial charge in [-0.1, -0.05) is 0 Å². The maximum atomic E-state index is 13.3. The molecule has 37 heavy (non-hydrogen) atoms. The van der Waals surface area contributed by atoms with Crippen LogP contribution in [0.25, 0.3) is 17.0 Å². The predicted octanol–water partition coefficient (Wildman–Crippen LogP) is 5.54. The lowest BCUT2D eigenvalue weighted by Gasteiger charge is -2.08. The lowest BCUT2D eigenvalue weighted by atomic mass is 10.0. The topological polar surface area (TPSA) is 85.2 Å². The third-order valence-electron chi connectivity index (χ3n) is 6.51. The van der Waals surface area contributed by atoms with Crippen LogP contribution in [0.15, 0.2) is 60.5 Å². The Bertz CT molecular complexity index is 1630. The third kappa shape index (κ3) is 3.87. The van der Waals surface area contributed by atoms with Gasteiger partial charge in [-0.15, -0.1) is 0 Å². The first-order valence-corrected chi connectivity index (χ1v) is 11.8. The minimum absolute atomic E-state index is 0.117. The summed E-state index contributed by atoms with van der Waals surface area (Å²) in [6.45, 7) is 4.74. The number of fused-ring (bicyclic) bond motifs is 3. The molecular formula is C29H23NO7. The SMILES string of the molecule is CCn1cc(/C=C2\Oc3cc(OC(=O)c4ccc5c(c4)OCO5)cc(C)c3C2=O)c2cc(OC)ccc21. The molecule has 0 saturated carbocycles. The van der Waals surface area contributed by atoms with Gasteiger partial charge in [0.2, 0.25) is 12.6 Å². The summed E-state index contributed by atoms with van der Waals surface area (Å²) in [7, 11) is 1.62. The number of hydrogen-bond acceptors (Lipinski definition) is 7. The second kappa shape index (κ2) is 8.74. The van der Waals surface area contributed by atoms with E-state index in [1.165, 1.54) is 0 Å². The Morgan fingerprint density at radius 2 is 1.86 bits per heavy atom. The van der Waals surface area contributed by atoms with Crippen molar-refractivity contribution >= 4 is 28.7 Å². The number of allylic oxidation sites excluding steroid dienone is 1. The van der Waals surface area contributed by atoms with Crippen LogP contribution in [0, 0.1) is 6.92 Å². The second-order valence-electron chi connectivity index (χ2n) is 8.76. The molecule has 8 heteroatoms. The molecule has 0 saturated heterocycles. The molecule has 3 aromatic carbocycles. The van der Waals surface area contributed by atoms with Crippen molar-refractivity contribution in [1.82, 2.24) is 4.57 Å². The maximum absolute atomic E-state index is 13.3. The summed E-state index contributed by atoms with van der Waals surface area (Å²) in [5.74, 6) is 1.85.